The van der Waals surface area contributed by atoms with Crippen LogP contribution in [0.5, 0.6) is 0 Å². The van der Waals surface area contributed by atoms with Crippen LogP contribution in [0.4, 0.5) is 10.1 Å². The van der Waals surface area contributed by atoms with Crippen molar-refractivity contribution >= 4 is 11.6 Å². The van der Waals surface area contributed by atoms with Gasteiger partial charge in [0.2, 0.25) is 5.91 Å². The molecule has 0 radical (unpaired) electrons. The molecule has 0 bridgehead atoms. The highest BCUT2D eigenvalue weighted by atomic mass is 19.1. The minimum Gasteiger partial charge on any atom is -0.324 e. The Morgan fingerprint density at radius 2 is 1.52 bits per heavy atom. The van der Waals surface area contributed by atoms with Crippen LogP contribution in [-0.4, -0.2) is 5.91 Å². The Hall–Kier alpha value is -1.38. The SMILES string of the molecule is CCCCCCCCCCCC(=O)Nc1ccccc1F. The average molecular weight is 293 g/mol. The quantitative estimate of drug-likeness (QED) is 0.522. The molecule has 0 spiro atoms. The molecule has 1 amide bonds. The first-order valence-electron chi connectivity index (χ1n) is 8.28. The summed E-state index contributed by atoms with van der Waals surface area (Å²) in [5.74, 6) is -0.471. The Bertz CT molecular complexity index is 406. The minimum absolute atomic E-state index is 0.0944. The summed E-state index contributed by atoms with van der Waals surface area (Å²) in [6.07, 6.45) is 11.5. The molecular weight excluding hydrogens is 265 g/mol. The van der Waals surface area contributed by atoms with Crippen LogP contribution in [0.15, 0.2) is 24.3 Å². The first-order chi connectivity index (χ1) is 10.2. The highest BCUT2D eigenvalue weighted by molar-refractivity contribution is 5.90. The molecule has 0 atom stereocenters. The molecule has 0 aliphatic rings. The fourth-order valence-corrected chi connectivity index (χ4v) is 2.37. The molecular formula is C18H28FNO. The van der Waals surface area contributed by atoms with Crippen molar-refractivity contribution in [3.8, 4) is 0 Å². The van der Waals surface area contributed by atoms with Crippen LogP contribution in [0, 0.1) is 5.82 Å². The van der Waals surface area contributed by atoms with E-state index >= 15 is 0 Å². The van der Waals surface area contributed by atoms with Crippen LogP contribution in [0.1, 0.15) is 71.1 Å². The van der Waals surface area contributed by atoms with Gasteiger partial charge in [0, 0.05) is 6.42 Å². The number of benzene rings is 1. The van der Waals surface area contributed by atoms with E-state index < -0.39 is 0 Å². The van der Waals surface area contributed by atoms with E-state index in [-0.39, 0.29) is 17.4 Å². The van der Waals surface area contributed by atoms with Gasteiger partial charge in [-0.05, 0) is 18.6 Å². The zero-order valence-electron chi connectivity index (χ0n) is 13.2. The molecule has 0 aliphatic carbocycles. The van der Waals surface area contributed by atoms with Crippen molar-refractivity contribution < 1.29 is 9.18 Å². The Kier molecular flexibility index (Phi) is 9.51. The van der Waals surface area contributed by atoms with Crippen molar-refractivity contribution in [3.05, 3.63) is 30.1 Å². The number of para-hydroxylation sites is 1. The lowest BCUT2D eigenvalue weighted by Gasteiger charge is -2.06. The van der Waals surface area contributed by atoms with Crippen LogP contribution in [-0.2, 0) is 4.79 Å². The summed E-state index contributed by atoms with van der Waals surface area (Å²) >= 11 is 0. The van der Waals surface area contributed by atoms with E-state index in [0.717, 1.165) is 12.8 Å². The van der Waals surface area contributed by atoms with E-state index in [1.54, 1.807) is 18.2 Å². The van der Waals surface area contributed by atoms with Crippen molar-refractivity contribution in [2.45, 2.75) is 71.1 Å². The third-order valence-electron chi connectivity index (χ3n) is 3.66. The van der Waals surface area contributed by atoms with Gasteiger partial charge in [-0.25, -0.2) is 4.39 Å². The molecule has 0 fully saturated rings. The van der Waals surface area contributed by atoms with E-state index in [2.05, 4.69) is 12.2 Å². The van der Waals surface area contributed by atoms with Gasteiger partial charge in [-0.2, -0.15) is 0 Å². The lowest BCUT2D eigenvalue weighted by molar-refractivity contribution is -0.116. The second kappa shape index (κ2) is 11.3. The molecule has 21 heavy (non-hydrogen) atoms. The normalized spacial score (nSPS) is 10.6. The largest absolute Gasteiger partial charge is 0.324 e. The maximum Gasteiger partial charge on any atom is 0.224 e. The average Bonchev–Trinajstić information content (AvgIpc) is 2.48. The predicted octanol–water partition coefficient (Wildman–Crippen LogP) is 5.69. The maximum absolute atomic E-state index is 13.4. The molecule has 0 saturated heterocycles. The number of anilines is 1. The Morgan fingerprint density at radius 3 is 2.14 bits per heavy atom. The standard InChI is InChI=1S/C18H28FNO/c1-2-3-4-5-6-7-8-9-10-15-18(21)20-17-14-12-11-13-16(17)19/h11-14H,2-10,15H2,1H3,(H,20,21). The molecule has 0 saturated carbocycles. The van der Waals surface area contributed by atoms with Gasteiger partial charge in [0.1, 0.15) is 5.82 Å². The van der Waals surface area contributed by atoms with Crippen LogP contribution >= 0.6 is 0 Å². The molecule has 1 rings (SSSR count). The predicted molar refractivity (Wildman–Crippen MR) is 86.9 cm³/mol. The topological polar surface area (TPSA) is 29.1 Å². The van der Waals surface area contributed by atoms with E-state index in [1.165, 1.54) is 51.0 Å². The summed E-state index contributed by atoms with van der Waals surface area (Å²) in [5.41, 5.74) is 0.276. The molecule has 1 N–H and O–H groups in total. The first kappa shape index (κ1) is 17.7. The minimum atomic E-state index is -0.377. The third-order valence-corrected chi connectivity index (χ3v) is 3.66. The summed E-state index contributed by atoms with van der Waals surface area (Å²) in [4.78, 5) is 11.7. The molecule has 2 nitrogen and oxygen atoms in total. The molecule has 0 aliphatic heterocycles. The van der Waals surface area contributed by atoms with Crippen molar-refractivity contribution in [3.63, 3.8) is 0 Å². The fourth-order valence-electron chi connectivity index (χ4n) is 2.37. The van der Waals surface area contributed by atoms with Gasteiger partial charge in [0.15, 0.2) is 0 Å². The molecule has 0 aromatic heterocycles. The van der Waals surface area contributed by atoms with Crippen molar-refractivity contribution in [1.29, 1.82) is 0 Å². The van der Waals surface area contributed by atoms with Gasteiger partial charge in [0.05, 0.1) is 5.69 Å². The second-order valence-corrected chi connectivity index (χ2v) is 5.61. The fraction of sp³-hybridized carbons (Fsp3) is 0.611. The zero-order valence-corrected chi connectivity index (χ0v) is 13.2. The van der Waals surface area contributed by atoms with Crippen molar-refractivity contribution in [2.24, 2.45) is 0 Å². The smallest absolute Gasteiger partial charge is 0.224 e. The Balaban J connectivity index is 2.00. The Morgan fingerprint density at radius 1 is 0.952 bits per heavy atom. The molecule has 0 unspecified atom stereocenters. The lowest BCUT2D eigenvalue weighted by Crippen LogP contribution is -2.12. The number of halogens is 1. The van der Waals surface area contributed by atoms with E-state index in [4.69, 9.17) is 0 Å². The van der Waals surface area contributed by atoms with Crippen LogP contribution in [0.2, 0.25) is 0 Å². The van der Waals surface area contributed by atoms with Gasteiger partial charge < -0.3 is 5.32 Å². The zero-order chi connectivity index (χ0) is 15.3. The van der Waals surface area contributed by atoms with Gasteiger partial charge in [-0.1, -0.05) is 70.4 Å². The van der Waals surface area contributed by atoms with Gasteiger partial charge in [-0.15, -0.1) is 0 Å². The van der Waals surface area contributed by atoms with E-state index in [0.29, 0.717) is 6.42 Å². The van der Waals surface area contributed by atoms with E-state index in [9.17, 15) is 9.18 Å². The third kappa shape index (κ3) is 8.49. The molecule has 1 aromatic rings. The summed E-state index contributed by atoms with van der Waals surface area (Å²) in [6, 6.07) is 6.28. The first-order valence-corrected chi connectivity index (χ1v) is 8.28. The highest BCUT2D eigenvalue weighted by Gasteiger charge is 2.05. The van der Waals surface area contributed by atoms with Crippen LogP contribution < -0.4 is 5.32 Å². The number of nitrogens with one attached hydrogen (secondary N) is 1. The number of amides is 1. The van der Waals surface area contributed by atoms with Crippen LogP contribution in [0.25, 0.3) is 0 Å². The number of hydrogen-bond donors (Lipinski definition) is 1. The Labute approximate surface area is 128 Å². The lowest BCUT2D eigenvalue weighted by atomic mass is 10.1. The van der Waals surface area contributed by atoms with Crippen LogP contribution in [0.3, 0.4) is 0 Å². The molecule has 118 valence electrons. The summed E-state index contributed by atoms with van der Waals surface area (Å²) in [5, 5.41) is 2.62. The molecule has 1 aromatic carbocycles. The summed E-state index contributed by atoms with van der Waals surface area (Å²) in [7, 11) is 0. The van der Waals surface area contributed by atoms with E-state index in [1.807, 2.05) is 0 Å². The van der Waals surface area contributed by atoms with Crippen molar-refractivity contribution in [1.82, 2.24) is 0 Å². The number of carbonyl (C=O) groups is 1. The van der Waals surface area contributed by atoms with Gasteiger partial charge in [0.25, 0.3) is 0 Å². The maximum atomic E-state index is 13.4. The monoisotopic (exact) mass is 293 g/mol. The summed E-state index contributed by atoms with van der Waals surface area (Å²) in [6.45, 7) is 2.23. The second-order valence-electron chi connectivity index (χ2n) is 5.61. The molecule has 0 heterocycles. The van der Waals surface area contributed by atoms with Gasteiger partial charge >= 0.3 is 0 Å². The molecule has 3 heteroatoms. The number of unbranched alkanes of at least 4 members (excludes halogenated alkanes) is 8. The number of hydrogen-bond acceptors (Lipinski definition) is 1. The van der Waals surface area contributed by atoms with Crippen molar-refractivity contribution in [2.75, 3.05) is 5.32 Å². The number of rotatable bonds is 11. The number of carbonyl (C=O) groups excluding carboxylic acids is 1. The summed E-state index contributed by atoms with van der Waals surface area (Å²) < 4.78 is 13.4. The highest BCUT2D eigenvalue weighted by Crippen LogP contribution is 2.14. The van der Waals surface area contributed by atoms with Gasteiger partial charge in [-0.3, -0.25) is 4.79 Å².